The zero-order chi connectivity index (χ0) is 14.4. The molecule has 0 spiro atoms. The SMILES string of the molecule is CP(C)C.O=C(/C=C(\[O-])C(F)(F)F)C(F)(F)F.[Cu+]. The largest absolute Gasteiger partial charge is 1.00 e. The fourth-order valence-electron chi connectivity index (χ4n) is 0.283. The van der Waals surface area contributed by atoms with Crippen molar-refractivity contribution in [2.75, 3.05) is 20.0 Å². The third-order valence-corrected chi connectivity index (χ3v) is 0.821. The van der Waals surface area contributed by atoms with Crippen molar-refractivity contribution in [1.29, 1.82) is 0 Å². The first-order chi connectivity index (χ1) is 7.28. The van der Waals surface area contributed by atoms with Gasteiger partial charge in [-0.25, -0.2) is 0 Å². The van der Waals surface area contributed by atoms with Gasteiger partial charge in [-0.1, -0.05) is 0 Å². The maximum Gasteiger partial charge on any atom is 1.00 e. The molecule has 0 saturated carbocycles. The van der Waals surface area contributed by atoms with Crippen LogP contribution in [-0.4, -0.2) is 38.1 Å². The third-order valence-electron chi connectivity index (χ3n) is 0.821. The molecule has 18 heavy (non-hydrogen) atoms. The van der Waals surface area contributed by atoms with Crippen LogP contribution in [0.15, 0.2) is 11.8 Å². The number of hydrogen-bond donors (Lipinski definition) is 0. The summed E-state index contributed by atoms with van der Waals surface area (Å²) in [4.78, 5) is 9.82. The van der Waals surface area contributed by atoms with Gasteiger partial charge in [0.15, 0.2) is 0 Å². The van der Waals surface area contributed by atoms with E-state index < -0.39 is 30.0 Å². The van der Waals surface area contributed by atoms with E-state index in [1.165, 1.54) is 0 Å². The quantitative estimate of drug-likeness (QED) is 0.240. The molecule has 0 heterocycles. The third kappa shape index (κ3) is 13.8. The molecular formula is C8H10CuF6O2P. The van der Waals surface area contributed by atoms with Crippen molar-refractivity contribution in [3.05, 3.63) is 11.8 Å². The summed E-state index contributed by atoms with van der Waals surface area (Å²) in [5, 5.41) is 9.82. The standard InChI is InChI=1S/C5H2F6O2.C3H9P.Cu/c6-4(7,8)2(12)1-3(13)5(9,10)11;1-4(2)3;/h1,12H;1-3H3;/q;;+1/p-1/b2-1-;;. The fraction of sp³-hybridized carbons (Fsp3) is 0.625. The Kier molecular flexibility index (Phi) is 11.2. The van der Waals surface area contributed by atoms with E-state index in [-0.39, 0.29) is 17.1 Å². The van der Waals surface area contributed by atoms with Crippen LogP contribution in [0, 0.1) is 0 Å². The van der Waals surface area contributed by atoms with E-state index in [1.807, 2.05) is 0 Å². The Morgan fingerprint density at radius 2 is 1.28 bits per heavy atom. The van der Waals surface area contributed by atoms with Gasteiger partial charge in [0.1, 0.15) is 0 Å². The first kappa shape index (κ1) is 22.9. The molecule has 2 nitrogen and oxygen atoms in total. The Morgan fingerprint density at radius 1 is 1.00 bits per heavy atom. The number of allylic oxidation sites excluding steroid dienone is 2. The van der Waals surface area contributed by atoms with Crippen LogP contribution in [0.2, 0.25) is 0 Å². The normalized spacial score (nSPS) is 12.4. The van der Waals surface area contributed by atoms with E-state index in [2.05, 4.69) is 20.0 Å². The van der Waals surface area contributed by atoms with Crippen LogP contribution in [0.3, 0.4) is 0 Å². The summed E-state index contributed by atoms with van der Waals surface area (Å²) in [5.41, 5.74) is 0. The molecule has 0 saturated heterocycles. The zero-order valence-corrected chi connectivity index (χ0v) is 11.2. The molecule has 0 rings (SSSR count). The molecule has 0 aliphatic rings. The Balaban J connectivity index is -0.000000392. The second kappa shape index (κ2) is 8.77. The molecule has 0 aliphatic carbocycles. The maximum atomic E-state index is 11.3. The summed E-state index contributed by atoms with van der Waals surface area (Å²) >= 11 is 0. The minimum absolute atomic E-state index is 0. The smallest absolute Gasteiger partial charge is 0.869 e. The van der Waals surface area contributed by atoms with Gasteiger partial charge in [-0.3, -0.25) is 4.79 Å². The summed E-state index contributed by atoms with van der Waals surface area (Å²) in [5.74, 6) is -5.65. The van der Waals surface area contributed by atoms with Crippen LogP contribution in [0.25, 0.3) is 0 Å². The van der Waals surface area contributed by atoms with Crippen LogP contribution < -0.4 is 5.11 Å². The number of hydrogen-bond acceptors (Lipinski definition) is 2. The summed E-state index contributed by atoms with van der Waals surface area (Å²) < 4.78 is 67.8. The van der Waals surface area contributed by atoms with Crippen molar-refractivity contribution >= 4 is 13.7 Å². The summed E-state index contributed by atoms with van der Waals surface area (Å²) in [6, 6.07) is 0. The molecule has 0 aromatic heterocycles. The molecule has 0 bridgehead atoms. The van der Waals surface area contributed by atoms with Crippen LogP contribution >= 0.6 is 7.92 Å². The van der Waals surface area contributed by atoms with Gasteiger partial charge in [-0.05, 0) is 31.8 Å². The van der Waals surface area contributed by atoms with Crippen LogP contribution in [-0.2, 0) is 21.9 Å². The molecule has 112 valence electrons. The summed E-state index contributed by atoms with van der Waals surface area (Å²) in [6.45, 7) is 6.69. The van der Waals surface area contributed by atoms with Gasteiger partial charge < -0.3 is 5.11 Å². The maximum absolute atomic E-state index is 11.3. The van der Waals surface area contributed by atoms with Crippen LogP contribution in [0.1, 0.15) is 0 Å². The van der Waals surface area contributed by atoms with Gasteiger partial charge in [-0.15, -0.1) is 7.92 Å². The molecule has 0 aromatic carbocycles. The predicted molar refractivity (Wildman–Crippen MR) is 49.9 cm³/mol. The number of rotatable bonds is 1. The van der Waals surface area contributed by atoms with Crippen molar-refractivity contribution in [2.45, 2.75) is 12.4 Å². The number of alkyl halides is 6. The fourth-order valence-corrected chi connectivity index (χ4v) is 0.283. The minimum Gasteiger partial charge on any atom is -0.869 e. The van der Waals surface area contributed by atoms with Crippen molar-refractivity contribution in [3.8, 4) is 0 Å². The Labute approximate surface area is 112 Å². The minimum atomic E-state index is -5.46. The number of halogens is 6. The average molecular weight is 347 g/mol. The zero-order valence-electron chi connectivity index (χ0n) is 9.41. The number of carbonyl (C=O) groups is 1. The van der Waals surface area contributed by atoms with Crippen molar-refractivity contribution < 1.29 is 53.3 Å². The van der Waals surface area contributed by atoms with Crippen molar-refractivity contribution in [2.24, 2.45) is 0 Å². The molecular weight excluding hydrogens is 337 g/mol. The molecule has 0 atom stereocenters. The molecule has 0 unspecified atom stereocenters. The summed E-state index contributed by atoms with van der Waals surface area (Å²) in [7, 11) is 0.380. The van der Waals surface area contributed by atoms with E-state index in [4.69, 9.17) is 0 Å². The molecule has 0 aromatic rings. The summed E-state index contributed by atoms with van der Waals surface area (Å²) in [6.07, 6.45) is -11.9. The first-order valence-corrected chi connectivity index (χ1v) is 6.64. The predicted octanol–water partition coefficient (Wildman–Crippen LogP) is 2.28. The Morgan fingerprint density at radius 3 is 1.44 bits per heavy atom. The van der Waals surface area contributed by atoms with Gasteiger partial charge in [0.2, 0.25) is 0 Å². The van der Waals surface area contributed by atoms with E-state index in [9.17, 15) is 36.2 Å². The molecule has 0 aliphatic heterocycles. The van der Waals surface area contributed by atoms with E-state index in [0.717, 1.165) is 0 Å². The molecule has 10 heteroatoms. The van der Waals surface area contributed by atoms with Gasteiger partial charge >= 0.3 is 29.4 Å². The van der Waals surface area contributed by atoms with Gasteiger partial charge in [0, 0.05) is 0 Å². The second-order valence-electron chi connectivity index (χ2n) is 3.21. The van der Waals surface area contributed by atoms with E-state index >= 15 is 0 Å². The van der Waals surface area contributed by atoms with Gasteiger partial charge in [0.25, 0.3) is 5.78 Å². The number of ketones is 1. The first-order valence-electron chi connectivity index (χ1n) is 3.96. The van der Waals surface area contributed by atoms with Crippen LogP contribution in [0.4, 0.5) is 26.3 Å². The van der Waals surface area contributed by atoms with Crippen molar-refractivity contribution in [3.63, 3.8) is 0 Å². The Bertz CT molecular complexity index is 282. The van der Waals surface area contributed by atoms with E-state index in [0.29, 0.717) is 7.92 Å². The topological polar surface area (TPSA) is 40.1 Å². The molecule has 0 N–H and O–H groups in total. The molecule has 0 fully saturated rings. The van der Waals surface area contributed by atoms with Gasteiger partial charge in [-0.2, -0.15) is 26.3 Å². The monoisotopic (exact) mass is 346 g/mol. The van der Waals surface area contributed by atoms with Crippen LogP contribution in [0.5, 0.6) is 0 Å². The van der Waals surface area contributed by atoms with E-state index in [1.54, 1.807) is 0 Å². The Hall–Kier alpha value is -0.261. The van der Waals surface area contributed by atoms with Crippen molar-refractivity contribution in [1.82, 2.24) is 0 Å². The average Bonchev–Trinajstić information content (AvgIpc) is 1.98. The molecule has 0 radical (unpaired) electrons. The number of carbonyl (C=O) groups excluding carboxylic acids is 1. The van der Waals surface area contributed by atoms with Gasteiger partial charge in [0.05, 0.1) is 0 Å². The molecule has 0 amide bonds. The second-order valence-corrected chi connectivity index (χ2v) is 5.89.